The molecule has 6 heteroatoms. The van der Waals surface area contributed by atoms with E-state index in [1.165, 1.54) is 12.1 Å². The van der Waals surface area contributed by atoms with E-state index in [2.05, 4.69) is 15.1 Å². The molecule has 0 aliphatic heterocycles. The van der Waals surface area contributed by atoms with Crippen molar-refractivity contribution in [3.8, 4) is 22.6 Å². The van der Waals surface area contributed by atoms with Crippen molar-refractivity contribution in [3.63, 3.8) is 0 Å². The molecule has 1 aromatic carbocycles. The number of aromatic nitrogens is 4. The van der Waals surface area contributed by atoms with Crippen LogP contribution >= 0.6 is 0 Å². The minimum absolute atomic E-state index is 0.297. The van der Waals surface area contributed by atoms with Gasteiger partial charge in [-0.25, -0.2) is 14.4 Å². The van der Waals surface area contributed by atoms with Crippen LogP contribution in [-0.4, -0.2) is 19.7 Å². The molecule has 0 spiro atoms. The molecule has 2 aromatic heterocycles. The lowest BCUT2D eigenvalue weighted by atomic mass is 10.0. The Labute approximate surface area is 114 Å². The van der Waals surface area contributed by atoms with Gasteiger partial charge >= 0.3 is 0 Å². The second-order valence-corrected chi connectivity index (χ2v) is 4.31. The largest absolute Gasteiger partial charge is 0.383 e. The second-order valence-electron chi connectivity index (χ2n) is 4.31. The molecule has 0 saturated heterocycles. The first-order valence-corrected chi connectivity index (χ1v) is 6.02. The molecular formula is C14H12FN5. The van der Waals surface area contributed by atoms with Crippen LogP contribution in [0.3, 0.4) is 0 Å². The lowest BCUT2D eigenvalue weighted by Gasteiger charge is -2.03. The summed E-state index contributed by atoms with van der Waals surface area (Å²) in [5, 5.41) is 4.35. The summed E-state index contributed by atoms with van der Waals surface area (Å²) in [7, 11) is 1.74. The topological polar surface area (TPSA) is 69.6 Å². The summed E-state index contributed by atoms with van der Waals surface area (Å²) in [6.45, 7) is 0. The Balaban J connectivity index is 2.22. The fraction of sp³-hybridized carbons (Fsp3) is 0.0714. The molecule has 0 atom stereocenters. The molecule has 3 rings (SSSR count). The first kappa shape index (κ1) is 12.3. The zero-order valence-electron chi connectivity index (χ0n) is 10.8. The van der Waals surface area contributed by atoms with Crippen LogP contribution in [-0.2, 0) is 7.05 Å². The Morgan fingerprint density at radius 1 is 1.10 bits per heavy atom. The standard InChI is InChI=1S/C14H12FN5/c1-20-13(16)11(9-3-5-10(15)6-4-9)12(19-20)14-17-7-2-8-18-14/h2-8H,16H2,1H3. The van der Waals surface area contributed by atoms with Crippen LogP contribution in [0, 0.1) is 5.82 Å². The van der Waals surface area contributed by atoms with Crippen LogP contribution in [0.4, 0.5) is 10.2 Å². The Kier molecular flexibility index (Phi) is 2.90. The number of benzene rings is 1. The number of nitrogens with zero attached hydrogens (tertiary/aromatic N) is 4. The molecule has 5 nitrogen and oxygen atoms in total. The lowest BCUT2D eigenvalue weighted by molar-refractivity contribution is 0.628. The van der Waals surface area contributed by atoms with Crippen molar-refractivity contribution in [1.82, 2.24) is 19.7 Å². The molecule has 0 fully saturated rings. The third kappa shape index (κ3) is 2.01. The van der Waals surface area contributed by atoms with Crippen LogP contribution in [0.2, 0.25) is 0 Å². The highest BCUT2D eigenvalue weighted by Gasteiger charge is 2.18. The van der Waals surface area contributed by atoms with Gasteiger partial charge in [-0.15, -0.1) is 0 Å². The SMILES string of the molecule is Cn1nc(-c2ncccn2)c(-c2ccc(F)cc2)c1N. The highest BCUT2D eigenvalue weighted by Crippen LogP contribution is 2.34. The fourth-order valence-corrected chi connectivity index (χ4v) is 2.02. The molecule has 2 N–H and O–H groups in total. The maximum absolute atomic E-state index is 13.1. The molecular weight excluding hydrogens is 257 g/mol. The normalized spacial score (nSPS) is 10.7. The van der Waals surface area contributed by atoms with Crippen LogP contribution in [0.5, 0.6) is 0 Å². The predicted molar refractivity (Wildman–Crippen MR) is 74.0 cm³/mol. The predicted octanol–water partition coefficient (Wildman–Crippen LogP) is 2.27. The van der Waals surface area contributed by atoms with Crippen LogP contribution < -0.4 is 5.73 Å². The van der Waals surface area contributed by atoms with Gasteiger partial charge in [-0.05, 0) is 23.8 Å². The Hall–Kier alpha value is -2.76. The summed E-state index contributed by atoms with van der Waals surface area (Å²) < 4.78 is 14.6. The monoisotopic (exact) mass is 269 g/mol. The van der Waals surface area contributed by atoms with E-state index in [4.69, 9.17) is 5.73 Å². The summed E-state index contributed by atoms with van der Waals surface area (Å²) in [5.41, 5.74) is 8.13. The summed E-state index contributed by atoms with van der Waals surface area (Å²) in [4.78, 5) is 8.38. The van der Waals surface area contributed by atoms with Gasteiger partial charge in [0.2, 0.25) is 0 Å². The first-order valence-electron chi connectivity index (χ1n) is 6.02. The highest BCUT2D eigenvalue weighted by molar-refractivity contribution is 5.86. The number of hydrogen-bond donors (Lipinski definition) is 1. The molecule has 0 amide bonds. The van der Waals surface area contributed by atoms with Crippen LogP contribution in [0.25, 0.3) is 22.6 Å². The zero-order chi connectivity index (χ0) is 14.1. The van der Waals surface area contributed by atoms with E-state index >= 15 is 0 Å². The molecule has 0 saturated carbocycles. The minimum Gasteiger partial charge on any atom is -0.383 e. The molecule has 0 aliphatic rings. The van der Waals surface area contributed by atoms with E-state index in [1.54, 1.807) is 42.3 Å². The maximum atomic E-state index is 13.1. The van der Waals surface area contributed by atoms with Crippen molar-refractivity contribution in [3.05, 3.63) is 48.5 Å². The third-order valence-electron chi connectivity index (χ3n) is 3.00. The Bertz CT molecular complexity index is 734. The van der Waals surface area contributed by atoms with Crippen molar-refractivity contribution in [1.29, 1.82) is 0 Å². The van der Waals surface area contributed by atoms with E-state index in [0.717, 1.165) is 5.56 Å². The molecule has 100 valence electrons. The molecule has 3 aromatic rings. The number of aryl methyl sites for hydroxylation is 1. The summed E-state index contributed by atoms with van der Waals surface area (Å²) in [6.07, 6.45) is 3.28. The van der Waals surface area contributed by atoms with Gasteiger partial charge in [0.15, 0.2) is 5.82 Å². The number of rotatable bonds is 2. The Morgan fingerprint density at radius 2 is 1.75 bits per heavy atom. The van der Waals surface area contributed by atoms with E-state index in [-0.39, 0.29) is 5.82 Å². The highest BCUT2D eigenvalue weighted by atomic mass is 19.1. The number of anilines is 1. The van der Waals surface area contributed by atoms with Crippen LogP contribution in [0.15, 0.2) is 42.7 Å². The van der Waals surface area contributed by atoms with E-state index in [0.29, 0.717) is 22.9 Å². The minimum atomic E-state index is -0.297. The average molecular weight is 269 g/mol. The first-order chi connectivity index (χ1) is 9.66. The quantitative estimate of drug-likeness (QED) is 0.774. The van der Waals surface area contributed by atoms with Gasteiger partial charge in [-0.3, -0.25) is 4.68 Å². The molecule has 0 unspecified atom stereocenters. The van der Waals surface area contributed by atoms with E-state index in [1.807, 2.05) is 0 Å². The van der Waals surface area contributed by atoms with Gasteiger partial charge in [0, 0.05) is 19.4 Å². The van der Waals surface area contributed by atoms with Crippen molar-refractivity contribution in [2.75, 3.05) is 5.73 Å². The number of halogens is 1. The lowest BCUT2D eigenvalue weighted by Crippen LogP contribution is -1.98. The van der Waals surface area contributed by atoms with Gasteiger partial charge in [0.1, 0.15) is 17.3 Å². The van der Waals surface area contributed by atoms with Gasteiger partial charge < -0.3 is 5.73 Å². The fourth-order valence-electron chi connectivity index (χ4n) is 2.02. The van der Waals surface area contributed by atoms with E-state index < -0.39 is 0 Å². The summed E-state index contributed by atoms with van der Waals surface area (Å²) >= 11 is 0. The smallest absolute Gasteiger partial charge is 0.180 e. The molecule has 0 aliphatic carbocycles. The van der Waals surface area contributed by atoms with Gasteiger partial charge in [-0.2, -0.15) is 5.10 Å². The van der Waals surface area contributed by atoms with Crippen molar-refractivity contribution >= 4 is 5.82 Å². The van der Waals surface area contributed by atoms with Crippen molar-refractivity contribution in [2.45, 2.75) is 0 Å². The summed E-state index contributed by atoms with van der Waals surface area (Å²) in [6, 6.07) is 7.83. The van der Waals surface area contributed by atoms with Crippen LogP contribution in [0.1, 0.15) is 0 Å². The van der Waals surface area contributed by atoms with Gasteiger partial charge in [-0.1, -0.05) is 12.1 Å². The van der Waals surface area contributed by atoms with E-state index in [9.17, 15) is 4.39 Å². The average Bonchev–Trinajstić information content (AvgIpc) is 2.77. The molecule has 20 heavy (non-hydrogen) atoms. The number of nitrogen functional groups attached to an aromatic ring is 1. The number of nitrogens with two attached hydrogens (primary N) is 1. The third-order valence-corrected chi connectivity index (χ3v) is 3.00. The maximum Gasteiger partial charge on any atom is 0.180 e. The Morgan fingerprint density at radius 3 is 2.40 bits per heavy atom. The van der Waals surface area contributed by atoms with Gasteiger partial charge in [0.05, 0.1) is 5.56 Å². The molecule has 2 heterocycles. The number of hydrogen-bond acceptors (Lipinski definition) is 4. The summed E-state index contributed by atoms with van der Waals surface area (Å²) in [5.74, 6) is 0.673. The molecule has 0 bridgehead atoms. The zero-order valence-corrected chi connectivity index (χ0v) is 10.8. The van der Waals surface area contributed by atoms with Crippen molar-refractivity contribution < 1.29 is 4.39 Å². The second kappa shape index (κ2) is 4.73. The molecule has 0 radical (unpaired) electrons. The van der Waals surface area contributed by atoms with Crippen molar-refractivity contribution in [2.24, 2.45) is 7.05 Å². The van der Waals surface area contributed by atoms with Gasteiger partial charge in [0.25, 0.3) is 0 Å².